The van der Waals surface area contributed by atoms with Crippen LogP contribution in [0, 0.1) is 0 Å². The highest BCUT2D eigenvalue weighted by Gasteiger charge is 2.26. The van der Waals surface area contributed by atoms with Crippen LogP contribution in [-0.2, 0) is 0 Å². The number of carbonyl (C=O) groups is 1. The van der Waals surface area contributed by atoms with Crippen molar-refractivity contribution in [3.8, 4) is 5.88 Å². The molecular formula is C15H15BrN4O2. The van der Waals surface area contributed by atoms with E-state index >= 15 is 0 Å². The molecule has 0 aromatic carbocycles. The van der Waals surface area contributed by atoms with Crippen molar-refractivity contribution in [2.24, 2.45) is 0 Å². The van der Waals surface area contributed by atoms with Gasteiger partial charge in [0.2, 0.25) is 5.88 Å². The van der Waals surface area contributed by atoms with Gasteiger partial charge in [0, 0.05) is 49.0 Å². The summed E-state index contributed by atoms with van der Waals surface area (Å²) in [5.74, 6) is 0.477. The average Bonchev–Trinajstić information content (AvgIpc) is 2.56. The molecule has 22 heavy (non-hydrogen) atoms. The Morgan fingerprint density at radius 2 is 2.05 bits per heavy atom. The lowest BCUT2D eigenvalue weighted by molar-refractivity contribution is 0.0581. The van der Waals surface area contributed by atoms with Crippen molar-refractivity contribution in [1.82, 2.24) is 19.9 Å². The highest BCUT2D eigenvalue weighted by atomic mass is 79.9. The van der Waals surface area contributed by atoms with Crippen molar-refractivity contribution in [3.05, 3.63) is 47.1 Å². The predicted molar refractivity (Wildman–Crippen MR) is 83.5 cm³/mol. The van der Waals surface area contributed by atoms with Gasteiger partial charge in [0.05, 0.1) is 6.20 Å². The normalized spacial score (nSPS) is 15.6. The Kier molecular flexibility index (Phi) is 4.62. The Labute approximate surface area is 136 Å². The van der Waals surface area contributed by atoms with Crippen molar-refractivity contribution in [3.63, 3.8) is 0 Å². The molecule has 0 saturated carbocycles. The van der Waals surface area contributed by atoms with Gasteiger partial charge in [0.15, 0.2) is 0 Å². The summed E-state index contributed by atoms with van der Waals surface area (Å²) in [7, 11) is 0. The van der Waals surface area contributed by atoms with Crippen LogP contribution >= 0.6 is 15.9 Å². The average molecular weight is 363 g/mol. The molecule has 0 radical (unpaired) electrons. The second-order valence-corrected chi connectivity index (χ2v) is 5.84. The zero-order valence-electron chi connectivity index (χ0n) is 11.9. The lowest BCUT2D eigenvalue weighted by Gasteiger charge is -2.31. The van der Waals surface area contributed by atoms with Crippen molar-refractivity contribution in [1.29, 1.82) is 0 Å². The monoisotopic (exact) mass is 362 g/mol. The Morgan fingerprint density at radius 3 is 2.73 bits per heavy atom. The summed E-state index contributed by atoms with van der Waals surface area (Å²) in [5.41, 5.74) is 0.454. The van der Waals surface area contributed by atoms with Gasteiger partial charge in [-0.2, -0.15) is 0 Å². The molecule has 0 N–H and O–H groups in total. The number of aromatic nitrogens is 3. The summed E-state index contributed by atoms with van der Waals surface area (Å²) in [6, 6.07) is 3.62. The van der Waals surface area contributed by atoms with E-state index in [1.54, 1.807) is 30.9 Å². The van der Waals surface area contributed by atoms with Crippen LogP contribution in [0.4, 0.5) is 0 Å². The van der Waals surface area contributed by atoms with Gasteiger partial charge in [-0.1, -0.05) is 0 Å². The van der Waals surface area contributed by atoms with Crippen LogP contribution in [0.15, 0.2) is 41.4 Å². The summed E-state index contributed by atoms with van der Waals surface area (Å²) >= 11 is 3.37. The van der Waals surface area contributed by atoms with Gasteiger partial charge in [-0.15, -0.1) is 0 Å². The second-order valence-electron chi connectivity index (χ2n) is 4.99. The van der Waals surface area contributed by atoms with Crippen molar-refractivity contribution in [2.75, 3.05) is 13.1 Å². The van der Waals surface area contributed by atoms with E-state index in [1.165, 1.54) is 0 Å². The van der Waals surface area contributed by atoms with Crippen LogP contribution < -0.4 is 4.74 Å². The van der Waals surface area contributed by atoms with E-state index in [2.05, 4.69) is 30.9 Å². The zero-order valence-corrected chi connectivity index (χ0v) is 13.4. The van der Waals surface area contributed by atoms with Crippen molar-refractivity contribution < 1.29 is 9.53 Å². The summed E-state index contributed by atoms with van der Waals surface area (Å²) in [4.78, 5) is 26.5. The van der Waals surface area contributed by atoms with Crippen LogP contribution in [0.2, 0.25) is 0 Å². The topological polar surface area (TPSA) is 68.2 Å². The van der Waals surface area contributed by atoms with Gasteiger partial charge in [0.25, 0.3) is 5.91 Å². The third kappa shape index (κ3) is 3.41. The first-order valence-electron chi connectivity index (χ1n) is 7.06. The van der Waals surface area contributed by atoms with Crippen molar-refractivity contribution in [2.45, 2.75) is 18.9 Å². The molecule has 0 unspecified atom stereocenters. The van der Waals surface area contributed by atoms with Crippen LogP contribution in [0.5, 0.6) is 5.88 Å². The second kappa shape index (κ2) is 6.83. The van der Waals surface area contributed by atoms with E-state index < -0.39 is 0 Å². The highest BCUT2D eigenvalue weighted by molar-refractivity contribution is 9.10. The fourth-order valence-electron chi connectivity index (χ4n) is 2.39. The maximum Gasteiger partial charge on any atom is 0.273 e. The first kappa shape index (κ1) is 14.9. The molecule has 3 heterocycles. The highest BCUT2D eigenvalue weighted by Crippen LogP contribution is 2.20. The number of likely N-dealkylation sites (tertiary alicyclic amines) is 1. The quantitative estimate of drug-likeness (QED) is 0.837. The Balaban J connectivity index is 1.58. The molecule has 0 bridgehead atoms. The molecule has 0 atom stereocenters. The van der Waals surface area contributed by atoms with Gasteiger partial charge < -0.3 is 9.64 Å². The van der Waals surface area contributed by atoms with Gasteiger partial charge in [0.1, 0.15) is 11.8 Å². The fourth-order valence-corrected chi connectivity index (χ4v) is 2.81. The van der Waals surface area contributed by atoms with E-state index in [0.29, 0.717) is 24.7 Å². The number of hydrogen-bond acceptors (Lipinski definition) is 5. The molecule has 1 aliphatic heterocycles. The van der Waals surface area contributed by atoms with Crippen molar-refractivity contribution >= 4 is 21.8 Å². The summed E-state index contributed by atoms with van der Waals surface area (Å²) in [5, 5.41) is 0. The number of carbonyl (C=O) groups excluding carboxylic acids is 1. The molecule has 6 nitrogen and oxygen atoms in total. The lowest BCUT2D eigenvalue weighted by atomic mass is 10.1. The third-order valence-electron chi connectivity index (χ3n) is 3.52. The number of pyridine rings is 1. The van der Waals surface area contributed by atoms with E-state index in [-0.39, 0.29) is 12.0 Å². The van der Waals surface area contributed by atoms with E-state index in [9.17, 15) is 4.79 Å². The maximum atomic E-state index is 12.5. The first-order valence-corrected chi connectivity index (χ1v) is 7.86. The smallest absolute Gasteiger partial charge is 0.273 e. The number of hydrogen-bond donors (Lipinski definition) is 0. The van der Waals surface area contributed by atoms with Gasteiger partial charge in [-0.3, -0.25) is 9.78 Å². The number of rotatable bonds is 3. The molecule has 2 aromatic rings. The van der Waals surface area contributed by atoms with Crippen LogP contribution in [0.1, 0.15) is 23.3 Å². The number of amides is 1. The fraction of sp³-hybridized carbons (Fsp3) is 0.333. The number of ether oxygens (including phenoxy) is 1. The number of piperidine rings is 1. The SMILES string of the molecule is O=C(c1ncccc1Br)N1CCC(Oc2cnccn2)CC1. The molecule has 1 fully saturated rings. The first-order chi connectivity index (χ1) is 10.7. The molecule has 2 aromatic heterocycles. The molecule has 7 heteroatoms. The molecule has 0 spiro atoms. The van der Waals surface area contributed by atoms with Gasteiger partial charge >= 0.3 is 0 Å². The predicted octanol–water partition coefficient (Wildman–Crippen LogP) is 2.32. The third-order valence-corrected chi connectivity index (χ3v) is 4.16. The molecule has 1 aliphatic rings. The molecule has 1 saturated heterocycles. The summed E-state index contributed by atoms with van der Waals surface area (Å²) in [6.45, 7) is 1.29. The molecular weight excluding hydrogens is 348 g/mol. The Bertz CT molecular complexity index is 645. The Hall–Kier alpha value is -2.02. The number of halogens is 1. The van der Waals surface area contributed by atoms with Crippen LogP contribution in [-0.4, -0.2) is 45.0 Å². The standard InChI is InChI=1S/C15H15BrN4O2/c16-12-2-1-5-19-14(12)15(21)20-8-3-11(4-9-20)22-13-10-17-6-7-18-13/h1-2,5-7,10-11H,3-4,8-9H2. The van der Waals surface area contributed by atoms with E-state index in [0.717, 1.165) is 17.3 Å². The van der Waals surface area contributed by atoms with Gasteiger partial charge in [-0.25, -0.2) is 9.97 Å². The van der Waals surface area contributed by atoms with Crippen LogP contribution in [0.25, 0.3) is 0 Å². The number of nitrogens with zero attached hydrogens (tertiary/aromatic N) is 4. The molecule has 3 rings (SSSR count). The van der Waals surface area contributed by atoms with Gasteiger partial charge in [-0.05, 0) is 28.1 Å². The lowest BCUT2D eigenvalue weighted by Crippen LogP contribution is -2.42. The minimum Gasteiger partial charge on any atom is -0.473 e. The summed E-state index contributed by atoms with van der Waals surface area (Å²) in [6.07, 6.45) is 8.04. The minimum atomic E-state index is -0.0505. The minimum absolute atomic E-state index is 0.0505. The molecule has 114 valence electrons. The molecule has 0 aliphatic carbocycles. The molecule has 1 amide bonds. The summed E-state index contributed by atoms with van der Waals surface area (Å²) < 4.78 is 6.50. The maximum absolute atomic E-state index is 12.5. The largest absolute Gasteiger partial charge is 0.473 e. The van der Waals surface area contributed by atoms with E-state index in [4.69, 9.17) is 4.74 Å². The van der Waals surface area contributed by atoms with Crippen LogP contribution in [0.3, 0.4) is 0 Å². The Morgan fingerprint density at radius 1 is 1.23 bits per heavy atom. The van der Waals surface area contributed by atoms with E-state index in [1.807, 2.05) is 11.0 Å². The zero-order chi connectivity index (χ0) is 15.4.